The second kappa shape index (κ2) is 10.5. The number of nitrogens with zero attached hydrogens (tertiary/aromatic N) is 7. The van der Waals surface area contributed by atoms with Crippen LogP contribution in [0.3, 0.4) is 0 Å². The van der Waals surface area contributed by atoms with E-state index in [-0.39, 0.29) is 18.0 Å². The predicted molar refractivity (Wildman–Crippen MR) is 144 cm³/mol. The molecular formula is C27H32N10O2. The molecule has 0 saturated carbocycles. The predicted octanol–water partition coefficient (Wildman–Crippen LogP) is 3.17. The van der Waals surface area contributed by atoms with E-state index < -0.39 is 0 Å². The van der Waals surface area contributed by atoms with Gasteiger partial charge in [0.25, 0.3) is 5.91 Å². The Morgan fingerprint density at radius 3 is 2.82 bits per heavy atom. The molecule has 0 aliphatic carbocycles. The number of carbonyl (C=O) groups excluding carboxylic acids is 1. The first-order valence-corrected chi connectivity index (χ1v) is 13.2. The van der Waals surface area contributed by atoms with Gasteiger partial charge in [0.2, 0.25) is 5.95 Å². The number of nitrogens with one attached hydrogen (secondary N) is 3. The molecular weight excluding hydrogens is 496 g/mol. The lowest BCUT2D eigenvalue weighted by Crippen LogP contribution is -2.48. The number of hydrogen-bond donors (Lipinski definition) is 3. The zero-order chi connectivity index (χ0) is 26.9. The van der Waals surface area contributed by atoms with Crippen molar-refractivity contribution in [3.63, 3.8) is 0 Å². The Balaban J connectivity index is 1.28. The molecule has 1 aromatic carbocycles. The molecule has 3 N–H and O–H groups in total. The van der Waals surface area contributed by atoms with Crippen LogP contribution in [0.25, 0.3) is 11.3 Å². The molecule has 12 heteroatoms. The average Bonchev–Trinajstić information content (AvgIpc) is 3.51. The van der Waals surface area contributed by atoms with Gasteiger partial charge in [-0.05, 0) is 50.5 Å². The Bertz CT molecular complexity index is 1470. The number of aryl methyl sites for hydroxylation is 1. The van der Waals surface area contributed by atoms with E-state index in [0.717, 1.165) is 66.5 Å². The van der Waals surface area contributed by atoms with Crippen LogP contribution < -0.4 is 10.6 Å². The number of anilines is 2. The van der Waals surface area contributed by atoms with Crippen molar-refractivity contribution in [3.05, 3.63) is 65.4 Å². The first-order valence-electron chi connectivity index (χ1n) is 13.2. The summed E-state index contributed by atoms with van der Waals surface area (Å²) in [6.07, 6.45) is 6.02. The fourth-order valence-electron chi connectivity index (χ4n) is 4.94. The lowest BCUT2D eigenvalue weighted by Gasteiger charge is -2.36. The summed E-state index contributed by atoms with van der Waals surface area (Å²) < 4.78 is 7.18. The molecule has 2 aliphatic rings. The van der Waals surface area contributed by atoms with Gasteiger partial charge >= 0.3 is 0 Å². The van der Waals surface area contributed by atoms with Gasteiger partial charge in [0.05, 0.1) is 48.6 Å². The number of H-pyrrole nitrogens is 1. The fraction of sp³-hybridized carbons (Fsp3) is 0.407. The van der Waals surface area contributed by atoms with Crippen molar-refractivity contribution in [1.29, 1.82) is 0 Å². The van der Waals surface area contributed by atoms with Crippen LogP contribution in [0.5, 0.6) is 0 Å². The molecule has 1 fully saturated rings. The third kappa shape index (κ3) is 5.25. The molecule has 0 radical (unpaired) electrons. The summed E-state index contributed by atoms with van der Waals surface area (Å²) in [4.78, 5) is 24.7. The van der Waals surface area contributed by atoms with Gasteiger partial charge in [-0.2, -0.15) is 5.10 Å². The highest BCUT2D eigenvalue weighted by atomic mass is 16.5. The van der Waals surface area contributed by atoms with Crippen molar-refractivity contribution in [2.45, 2.75) is 51.9 Å². The lowest BCUT2D eigenvalue weighted by molar-refractivity contribution is -0.0678. The number of aromatic nitrogens is 7. The molecule has 1 atom stereocenters. The van der Waals surface area contributed by atoms with Gasteiger partial charge in [-0.3, -0.25) is 14.8 Å². The Labute approximate surface area is 226 Å². The van der Waals surface area contributed by atoms with Gasteiger partial charge in [0.1, 0.15) is 0 Å². The van der Waals surface area contributed by atoms with Gasteiger partial charge in [-0.25, -0.2) is 14.6 Å². The van der Waals surface area contributed by atoms with Crippen molar-refractivity contribution in [1.82, 2.24) is 45.4 Å². The number of ether oxygens (including phenoxy) is 1. The minimum atomic E-state index is -0.219. The quantitative estimate of drug-likeness (QED) is 0.330. The highest BCUT2D eigenvalue weighted by Gasteiger charge is 2.31. The van der Waals surface area contributed by atoms with Crippen LogP contribution in [-0.2, 0) is 11.3 Å². The molecule has 3 aromatic heterocycles. The molecule has 39 heavy (non-hydrogen) atoms. The molecule has 0 spiro atoms. The van der Waals surface area contributed by atoms with E-state index in [1.165, 1.54) is 0 Å². The third-order valence-corrected chi connectivity index (χ3v) is 7.34. The van der Waals surface area contributed by atoms with Crippen LogP contribution in [0.15, 0.2) is 42.9 Å². The fourth-order valence-corrected chi connectivity index (χ4v) is 4.94. The van der Waals surface area contributed by atoms with Crippen LogP contribution in [0.4, 0.5) is 11.6 Å². The first kappa shape index (κ1) is 25.1. The van der Waals surface area contributed by atoms with Crippen molar-refractivity contribution in [2.24, 2.45) is 0 Å². The summed E-state index contributed by atoms with van der Waals surface area (Å²) in [5, 5.41) is 21.6. The number of rotatable bonds is 7. The summed E-state index contributed by atoms with van der Waals surface area (Å²) in [6.45, 7) is 9.02. The van der Waals surface area contributed by atoms with Crippen molar-refractivity contribution >= 4 is 17.5 Å². The SMILES string of the molecule is Cc1n[nH]cc1Nc1nccc(-c2ccc3c(c2)CN(C2COC2)CC[C@@H]3NC(=O)c2cn(C(C)C)nn2)n1. The number of amides is 1. The monoisotopic (exact) mass is 528 g/mol. The van der Waals surface area contributed by atoms with Gasteiger partial charge in [-0.1, -0.05) is 17.3 Å². The van der Waals surface area contributed by atoms with E-state index in [1.807, 2.05) is 26.8 Å². The van der Waals surface area contributed by atoms with Crippen LogP contribution >= 0.6 is 0 Å². The Morgan fingerprint density at radius 1 is 1.23 bits per heavy atom. The van der Waals surface area contributed by atoms with E-state index in [0.29, 0.717) is 17.7 Å². The molecule has 0 bridgehead atoms. The molecule has 1 amide bonds. The summed E-state index contributed by atoms with van der Waals surface area (Å²) >= 11 is 0. The van der Waals surface area contributed by atoms with Gasteiger partial charge < -0.3 is 15.4 Å². The summed E-state index contributed by atoms with van der Waals surface area (Å²) in [5.41, 5.74) is 6.06. The maximum absolute atomic E-state index is 13.1. The Hall–Kier alpha value is -4.16. The Morgan fingerprint density at radius 2 is 2.10 bits per heavy atom. The molecule has 2 aliphatic heterocycles. The number of carbonyl (C=O) groups is 1. The first-order chi connectivity index (χ1) is 18.9. The van der Waals surface area contributed by atoms with Crippen LogP contribution in [0.2, 0.25) is 0 Å². The highest BCUT2D eigenvalue weighted by Crippen LogP contribution is 2.32. The van der Waals surface area contributed by atoms with Crippen LogP contribution in [-0.4, -0.2) is 71.8 Å². The van der Waals surface area contributed by atoms with E-state index >= 15 is 0 Å². The molecule has 202 valence electrons. The van der Waals surface area contributed by atoms with E-state index in [4.69, 9.17) is 9.72 Å². The Kier molecular flexibility index (Phi) is 6.79. The zero-order valence-corrected chi connectivity index (χ0v) is 22.3. The standard InChI is InChI=1S/C27H32N10O2/c1-16(2)37-13-25(34-35-37)26(38)30-23-7-9-36(20-14-39-15-20)12-19-10-18(4-5-21(19)23)22-6-8-28-27(31-22)32-24-11-29-33-17(24)3/h4-6,8,10-11,13,16,20,23H,7,9,12,14-15H2,1-3H3,(H,29,33)(H,30,38)(H,28,31,32)/t23-/m0/s1. The summed E-state index contributed by atoms with van der Waals surface area (Å²) in [5.74, 6) is 0.281. The summed E-state index contributed by atoms with van der Waals surface area (Å²) in [7, 11) is 0. The van der Waals surface area contributed by atoms with Crippen molar-refractivity contribution in [3.8, 4) is 11.3 Å². The van der Waals surface area contributed by atoms with Crippen LogP contribution in [0.1, 0.15) is 59.7 Å². The number of aromatic amines is 1. The zero-order valence-electron chi connectivity index (χ0n) is 22.3. The van der Waals surface area contributed by atoms with E-state index in [2.05, 4.69) is 59.2 Å². The highest BCUT2D eigenvalue weighted by molar-refractivity contribution is 5.92. The van der Waals surface area contributed by atoms with Crippen molar-refractivity contribution in [2.75, 3.05) is 25.1 Å². The smallest absolute Gasteiger partial charge is 0.273 e. The van der Waals surface area contributed by atoms with Gasteiger partial charge in [0, 0.05) is 37.1 Å². The van der Waals surface area contributed by atoms with E-state index in [1.54, 1.807) is 23.3 Å². The molecule has 5 heterocycles. The third-order valence-electron chi connectivity index (χ3n) is 7.34. The number of hydrogen-bond acceptors (Lipinski definition) is 9. The van der Waals surface area contributed by atoms with E-state index in [9.17, 15) is 4.79 Å². The molecule has 1 saturated heterocycles. The molecule has 6 rings (SSSR count). The lowest BCUT2D eigenvalue weighted by atomic mass is 9.96. The molecule has 4 aromatic rings. The maximum atomic E-state index is 13.1. The normalized spacial score (nSPS) is 17.9. The number of fused-ring (bicyclic) bond motifs is 1. The van der Waals surface area contributed by atoms with Gasteiger partial charge in [-0.15, -0.1) is 5.10 Å². The summed E-state index contributed by atoms with van der Waals surface area (Å²) in [6, 6.07) is 8.62. The number of benzene rings is 1. The molecule has 0 unspecified atom stereocenters. The topological polar surface area (TPSA) is 139 Å². The average molecular weight is 529 g/mol. The largest absolute Gasteiger partial charge is 0.378 e. The minimum absolute atomic E-state index is 0.135. The van der Waals surface area contributed by atoms with Crippen molar-refractivity contribution < 1.29 is 9.53 Å². The second-order valence-corrected chi connectivity index (χ2v) is 10.3. The van der Waals surface area contributed by atoms with Gasteiger partial charge in [0.15, 0.2) is 5.69 Å². The minimum Gasteiger partial charge on any atom is -0.378 e. The maximum Gasteiger partial charge on any atom is 0.273 e. The second-order valence-electron chi connectivity index (χ2n) is 10.3. The van der Waals surface area contributed by atoms with Crippen LogP contribution in [0, 0.1) is 6.92 Å². The molecule has 12 nitrogen and oxygen atoms in total.